The molecule has 0 aliphatic heterocycles. The molecule has 0 radical (unpaired) electrons. The highest BCUT2D eigenvalue weighted by molar-refractivity contribution is 9.10. The van der Waals surface area contributed by atoms with E-state index in [2.05, 4.69) is 26.5 Å². The molecule has 120 valence electrons. The van der Waals surface area contributed by atoms with Gasteiger partial charge in [-0.3, -0.25) is 4.79 Å². The lowest BCUT2D eigenvalue weighted by Gasteiger charge is -2.08. The molecule has 0 fully saturated rings. The fourth-order valence-corrected chi connectivity index (χ4v) is 2.20. The van der Waals surface area contributed by atoms with Crippen LogP contribution in [0, 0.1) is 6.92 Å². The SMILES string of the molecule is COc1ccc(OCC(=O)N/N=C/c2ccc(C)cc2)c(Br)c1. The molecule has 0 bridgehead atoms. The Morgan fingerprint density at radius 3 is 2.65 bits per heavy atom. The lowest BCUT2D eigenvalue weighted by Crippen LogP contribution is -2.24. The molecule has 0 spiro atoms. The van der Waals surface area contributed by atoms with Crippen LogP contribution in [0.1, 0.15) is 11.1 Å². The van der Waals surface area contributed by atoms with Crippen LogP contribution in [-0.2, 0) is 4.79 Å². The Kier molecular flexibility index (Phi) is 6.17. The van der Waals surface area contributed by atoms with Crippen molar-refractivity contribution in [2.75, 3.05) is 13.7 Å². The molecule has 5 nitrogen and oxygen atoms in total. The molecule has 0 unspecified atom stereocenters. The van der Waals surface area contributed by atoms with Gasteiger partial charge in [-0.05, 0) is 46.6 Å². The molecule has 0 atom stereocenters. The zero-order valence-electron chi connectivity index (χ0n) is 12.9. The van der Waals surface area contributed by atoms with Crippen molar-refractivity contribution in [1.82, 2.24) is 5.43 Å². The standard InChI is InChI=1S/C17H17BrN2O3/c1-12-3-5-13(6-4-12)10-19-20-17(21)11-23-16-8-7-14(22-2)9-15(16)18/h3-10H,11H2,1-2H3,(H,20,21)/b19-10+. The van der Waals surface area contributed by atoms with E-state index < -0.39 is 0 Å². The van der Waals surface area contributed by atoms with E-state index in [-0.39, 0.29) is 12.5 Å². The molecular weight excluding hydrogens is 360 g/mol. The van der Waals surface area contributed by atoms with Crippen molar-refractivity contribution in [3.05, 3.63) is 58.1 Å². The van der Waals surface area contributed by atoms with Crippen LogP contribution < -0.4 is 14.9 Å². The number of methoxy groups -OCH3 is 1. The Morgan fingerprint density at radius 2 is 2.00 bits per heavy atom. The van der Waals surface area contributed by atoms with E-state index in [1.807, 2.05) is 31.2 Å². The lowest BCUT2D eigenvalue weighted by atomic mass is 10.2. The van der Waals surface area contributed by atoms with Crippen molar-refractivity contribution in [1.29, 1.82) is 0 Å². The third-order valence-electron chi connectivity index (χ3n) is 2.98. The largest absolute Gasteiger partial charge is 0.497 e. The van der Waals surface area contributed by atoms with Crippen LogP contribution in [0.3, 0.4) is 0 Å². The molecule has 23 heavy (non-hydrogen) atoms. The van der Waals surface area contributed by atoms with Crippen LogP contribution in [0.15, 0.2) is 52.0 Å². The van der Waals surface area contributed by atoms with Crippen LogP contribution in [0.4, 0.5) is 0 Å². The molecular formula is C17H17BrN2O3. The molecule has 2 rings (SSSR count). The molecule has 1 amide bonds. The Labute approximate surface area is 143 Å². The first-order valence-electron chi connectivity index (χ1n) is 6.93. The molecule has 2 aromatic rings. The summed E-state index contributed by atoms with van der Waals surface area (Å²) in [4.78, 5) is 11.7. The minimum Gasteiger partial charge on any atom is -0.497 e. The van der Waals surface area contributed by atoms with Gasteiger partial charge in [-0.25, -0.2) is 5.43 Å². The number of carbonyl (C=O) groups is 1. The Balaban J connectivity index is 1.82. The summed E-state index contributed by atoms with van der Waals surface area (Å²) in [5, 5.41) is 3.90. The Hall–Kier alpha value is -2.34. The molecule has 0 saturated carbocycles. The van der Waals surface area contributed by atoms with Gasteiger partial charge in [-0.1, -0.05) is 29.8 Å². The average molecular weight is 377 g/mol. The van der Waals surface area contributed by atoms with E-state index >= 15 is 0 Å². The predicted molar refractivity (Wildman–Crippen MR) is 93.1 cm³/mol. The smallest absolute Gasteiger partial charge is 0.277 e. The highest BCUT2D eigenvalue weighted by Crippen LogP contribution is 2.28. The highest BCUT2D eigenvalue weighted by atomic mass is 79.9. The maximum Gasteiger partial charge on any atom is 0.277 e. The molecule has 0 heterocycles. The van der Waals surface area contributed by atoms with Gasteiger partial charge in [0.25, 0.3) is 5.91 Å². The van der Waals surface area contributed by atoms with E-state index in [1.54, 1.807) is 31.5 Å². The molecule has 6 heteroatoms. The number of hydrazone groups is 1. The second-order valence-electron chi connectivity index (χ2n) is 4.79. The first-order chi connectivity index (χ1) is 11.1. The monoisotopic (exact) mass is 376 g/mol. The summed E-state index contributed by atoms with van der Waals surface area (Å²) in [6.07, 6.45) is 1.58. The van der Waals surface area contributed by atoms with Crippen molar-refractivity contribution in [2.45, 2.75) is 6.92 Å². The minimum atomic E-state index is -0.337. The molecule has 2 aromatic carbocycles. The van der Waals surface area contributed by atoms with Gasteiger partial charge in [0, 0.05) is 0 Å². The molecule has 0 aromatic heterocycles. The van der Waals surface area contributed by atoms with Gasteiger partial charge in [0.2, 0.25) is 0 Å². The fourth-order valence-electron chi connectivity index (χ4n) is 1.73. The van der Waals surface area contributed by atoms with E-state index in [1.165, 1.54) is 5.56 Å². The van der Waals surface area contributed by atoms with Gasteiger partial charge in [0.15, 0.2) is 6.61 Å². The third-order valence-corrected chi connectivity index (χ3v) is 3.60. The third kappa shape index (κ3) is 5.41. The zero-order chi connectivity index (χ0) is 16.7. The van der Waals surface area contributed by atoms with Crippen molar-refractivity contribution in [3.8, 4) is 11.5 Å². The van der Waals surface area contributed by atoms with Gasteiger partial charge in [-0.2, -0.15) is 5.10 Å². The summed E-state index contributed by atoms with van der Waals surface area (Å²) in [7, 11) is 1.59. The molecule has 0 aliphatic carbocycles. The van der Waals surface area contributed by atoms with Gasteiger partial charge < -0.3 is 9.47 Å². The summed E-state index contributed by atoms with van der Waals surface area (Å²) >= 11 is 3.36. The quantitative estimate of drug-likeness (QED) is 0.621. The van der Waals surface area contributed by atoms with Gasteiger partial charge in [-0.15, -0.1) is 0 Å². The van der Waals surface area contributed by atoms with Crippen LogP contribution in [0.2, 0.25) is 0 Å². The number of carbonyl (C=O) groups excluding carboxylic acids is 1. The highest BCUT2D eigenvalue weighted by Gasteiger charge is 2.06. The maximum atomic E-state index is 11.7. The van der Waals surface area contributed by atoms with Crippen molar-refractivity contribution in [2.24, 2.45) is 5.10 Å². The number of ether oxygens (including phenoxy) is 2. The van der Waals surface area contributed by atoms with Gasteiger partial charge >= 0.3 is 0 Å². The first-order valence-corrected chi connectivity index (χ1v) is 7.72. The normalized spacial score (nSPS) is 10.6. The number of amides is 1. The van der Waals surface area contributed by atoms with Crippen LogP contribution in [0.25, 0.3) is 0 Å². The van der Waals surface area contributed by atoms with E-state index in [0.29, 0.717) is 16.0 Å². The van der Waals surface area contributed by atoms with Crippen LogP contribution >= 0.6 is 15.9 Å². The minimum absolute atomic E-state index is 0.129. The summed E-state index contributed by atoms with van der Waals surface area (Å²) in [6, 6.07) is 13.1. The van der Waals surface area contributed by atoms with Crippen molar-refractivity contribution in [3.63, 3.8) is 0 Å². The first kappa shape index (κ1) is 17.0. The number of hydrogen-bond acceptors (Lipinski definition) is 4. The Morgan fingerprint density at radius 1 is 1.26 bits per heavy atom. The number of rotatable bonds is 6. The van der Waals surface area contributed by atoms with Crippen molar-refractivity contribution >= 4 is 28.1 Å². The second-order valence-corrected chi connectivity index (χ2v) is 5.64. The molecule has 0 aliphatic rings. The van der Waals surface area contributed by atoms with E-state index in [0.717, 1.165) is 5.56 Å². The summed E-state index contributed by atoms with van der Waals surface area (Å²) in [6.45, 7) is 1.88. The van der Waals surface area contributed by atoms with Crippen LogP contribution in [0.5, 0.6) is 11.5 Å². The predicted octanol–water partition coefficient (Wildman–Crippen LogP) is 3.30. The van der Waals surface area contributed by atoms with E-state index in [4.69, 9.17) is 9.47 Å². The number of benzene rings is 2. The van der Waals surface area contributed by atoms with Gasteiger partial charge in [0.1, 0.15) is 11.5 Å². The maximum absolute atomic E-state index is 11.7. The van der Waals surface area contributed by atoms with Gasteiger partial charge in [0.05, 0.1) is 17.8 Å². The zero-order valence-corrected chi connectivity index (χ0v) is 14.5. The van der Waals surface area contributed by atoms with E-state index in [9.17, 15) is 4.79 Å². The topological polar surface area (TPSA) is 59.9 Å². The number of nitrogens with one attached hydrogen (secondary N) is 1. The number of aryl methyl sites for hydroxylation is 1. The Bertz CT molecular complexity index is 699. The average Bonchev–Trinajstić information content (AvgIpc) is 2.55. The number of halogens is 1. The fraction of sp³-hybridized carbons (Fsp3) is 0.176. The number of hydrogen-bond donors (Lipinski definition) is 1. The summed E-state index contributed by atoms with van der Waals surface area (Å²) in [5.74, 6) is 0.927. The summed E-state index contributed by atoms with van der Waals surface area (Å²) in [5.41, 5.74) is 4.51. The molecule has 1 N–H and O–H groups in total. The second kappa shape index (κ2) is 8.33. The van der Waals surface area contributed by atoms with Crippen molar-refractivity contribution < 1.29 is 14.3 Å². The summed E-state index contributed by atoms with van der Waals surface area (Å²) < 4.78 is 11.2. The molecule has 0 saturated heterocycles. The van der Waals surface area contributed by atoms with Crippen LogP contribution in [-0.4, -0.2) is 25.8 Å². The lowest BCUT2D eigenvalue weighted by molar-refractivity contribution is -0.123. The number of nitrogens with zero attached hydrogens (tertiary/aromatic N) is 1.